The van der Waals surface area contributed by atoms with Crippen LogP contribution < -0.4 is 10.6 Å². The molecule has 2 atom stereocenters. The maximum atomic E-state index is 13.4. The zero-order valence-electron chi connectivity index (χ0n) is 17.8. The van der Waals surface area contributed by atoms with Crippen molar-refractivity contribution >= 4 is 17.8 Å². The third-order valence-corrected chi connectivity index (χ3v) is 5.47. The normalized spacial score (nSPS) is 20.1. The van der Waals surface area contributed by atoms with Gasteiger partial charge in [-0.3, -0.25) is 14.5 Å². The number of likely N-dealkylation sites (N-methyl/N-ethyl adjacent to an activating group) is 1. The molecule has 29 heavy (non-hydrogen) atoms. The summed E-state index contributed by atoms with van der Waals surface area (Å²) in [5.74, 6) is -0.0478. The van der Waals surface area contributed by atoms with Crippen LogP contribution in [0.2, 0.25) is 0 Å². The van der Waals surface area contributed by atoms with Gasteiger partial charge < -0.3 is 15.5 Å². The van der Waals surface area contributed by atoms with E-state index >= 15 is 0 Å². The minimum absolute atomic E-state index is 0.179. The van der Waals surface area contributed by atoms with Crippen LogP contribution in [0.3, 0.4) is 0 Å². The molecule has 1 aromatic carbocycles. The molecule has 2 heterocycles. The first-order valence-corrected chi connectivity index (χ1v) is 10.2. The number of aryl methyl sites for hydroxylation is 1. The van der Waals surface area contributed by atoms with Crippen LogP contribution in [0.1, 0.15) is 44.9 Å². The molecule has 2 unspecified atom stereocenters. The Hall–Kier alpha value is -2.83. The van der Waals surface area contributed by atoms with Crippen LogP contribution in [0.25, 0.3) is 0 Å². The summed E-state index contributed by atoms with van der Waals surface area (Å²) in [5.41, 5.74) is 3.17. The number of benzene rings is 1. The summed E-state index contributed by atoms with van der Waals surface area (Å²) in [4.78, 5) is 41.8. The summed E-state index contributed by atoms with van der Waals surface area (Å²) in [6.07, 6.45) is 0. The minimum atomic E-state index is -0.612. The Morgan fingerprint density at radius 3 is 2.62 bits per heavy atom. The summed E-state index contributed by atoms with van der Waals surface area (Å²) in [6, 6.07) is 6.45. The van der Waals surface area contributed by atoms with Crippen molar-refractivity contribution in [1.82, 2.24) is 20.4 Å². The van der Waals surface area contributed by atoms with E-state index in [0.717, 1.165) is 11.1 Å². The average Bonchev–Trinajstić information content (AvgIpc) is 3.02. The van der Waals surface area contributed by atoms with Crippen molar-refractivity contribution in [2.45, 2.75) is 46.7 Å². The molecule has 0 bridgehead atoms. The van der Waals surface area contributed by atoms with Gasteiger partial charge in [-0.25, -0.2) is 4.79 Å². The number of urea groups is 1. The van der Waals surface area contributed by atoms with Crippen molar-refractivity contribution < 1.29 is 14.4 Å². The Bertz CT molecular complexity index is 861. The van der Waals surface area contributed by atoms with Crippen LogP contribution in [0, 0.1) is 12.8 Å². The molecule has 0 saturated carbocycles. The van der Waals surface area contributed by atoms with Gasteiger partial charge in [-0.05, 0) is 32.3 Å². The Balaban J connectivity index is 1.92. The van der Waals surface area contributed by atoms with Gasteiger partial charge in [-0.1, -0.05) is 43.7 Å². The lowest BCUT2D eigenvalue weighted by Crippen LogP contribution is -2.47. The third kappa shape index (κ3) is 3.99. The fraction of sp³-hybridized carbons (Fsp3) is 0.500. The molecule has 2 aliphatic heterocycles. The SMILES string of the molecule is CCN1C(=O)NC(c2cccc(C)c2)C2=C1CN(C(C)C(=O)NCC(C)C)C2=O. The quantitative estimate of drug-likeness (QED) is 0.772. The van der Waals surface area contributed by atoms with Crippen molar-refractivity contribution in [2.24, 2.45) is 5.92 Å². The lowest BCUT2D eigenvalue weighted by molar-refractivity contribution is -0.135. The second-order valence-electron chi connectivity index (χ2n) is 8.15. The number of rotatable bonds is 6. The molecule has 0 fully saturated rings. The number of carbonyl (C=O) groups is 3. The molecule has 2 N–H and O–H groups in total. The molecule has 7 heteroatoms. The first-order valence-electron chi connectivity index (χ1n) is 10.2. The van der Waals surface area contributed by atoms with Crippen LogP contribution in [-0.4, -0.2) is 53.3 Å². The zero-order valence-corrected chi connectivity index (χ0v) is 17.8. The summed E-state index contributed by atoms with van der Waals surface area (Å²) < 4.78 is 0. The molecule has 156 valence electrons. The van der Waals surface area contributed by atoms with Gasteiger partial charge in [0.25, 0.3) is 5.91 Å². The largest absolute Gasteiger partial charge is 0.354 e. The van der Waals surface area contributed by atoms with Gasteiger partial charge in [0, 0.05) is 13.1 Å². The number of nitrogens with one attached hydrogen (secondary N) is 2. The molecular formula is C22H30N4O3. The average molecular weight is 399 g/mol. The van der Waals surface area contributed by atoms with Gasteiger partial charge in [-0.2, -0.15) is 0 Å². The molecule has 7 nitrogen and oxygen atoms in total. The Morgan fingerprint density at radius 2 is 2.00 bits per heavy atom. The zero-order chi connectivity index (χ0) is 21.3. The van der Waals surface area contributed by atoms with E-state index in [4.69, 9.17) is 0 Å². The van der Waals surface area contributed by atoms with E-state index in [1.165, 1.54) is 0 Å². The van der Waals surface area contributed by atoms with E-state index < -0.39 is 12.1 Å². The number of nitrogens with zero attached hydrogens (tertiary/aromatic N) is 2. The van der Waals surface area contributed by atoms with E-state index in [0.29, 0.717) is 30.3 Å². The van der Waals surface area contributed by atoms with Crippen LogP contribution >= 0.6 is 0 Å². The predicted molar refractivity (Wildman–Crippen MR) is 111 cm³/mol. The highest BCUT2D eigenvalue weighted by Gasteiger charge is 2.45. The van der Waals surface area contributed by atoms with Crippen molar-refractivity contribution in [3.63, 3.8) is 0 Å². The second kappa shape index (κ2) is 8.27. The molecule has 3 rings (SSSR count). The maximum Gasteiger partial charge on any atom is 0.322 e. The van der Waals surface area contributed by atoms with E-state index in [2.05, 4.69) is 10.6 Å². The molecule has 0 aromatic heterocycles. The smallest absolute Gasteiger partial charge is 0.322 e. The number of amides is 4. The topological polar surface area (TPSA) is 81.8 Å². The monoisotopic (exact) mass is 398 g/mol. The standard InChI is InChI=1S/C22H30N4O3/c1-6-25-17-12-26(15(5)20(27)23-11-13(2)3)21(28)18(17)19(24-22(25)29)16-9-7-8-14(4)10-16/h7-10,13,15,19H,6,11-12H2,1-5H3,(H,23,27)(H,24,29). The highest BCUT2D eigenvalue weighted by molar-refractivity contribution is 6.03. The molecule has 0 spiro atoms. The predicted octanol–water partition coefficient (Wildman–Crippen LogP) is 2.34. The van der Waals surface area contributed by atoms with Gasteiger partial charge in [0.2, 0.25) is 5.91 Å². The van der Waals surface area contributed by atoms with Crippen LogP contribution in [0.15, 0.2) is 35.5 Å². The highest BCUT2D eigenvalue weighted by atomic mass is 16.2. The summed E-state index contributed by atoms with van der Waals surface area (Å²) in [6.45, 7) is 10.9. The van der Waals surface area contributed by atoms with Gasteiger partial charge in [0.15, 0.2) is 0 Å². The molecule has 0 aliphatic carbocycles. The molecule has 2 aliphatic rings. The Kier molecular flexibility index (Phi) is 5.96. The lowest BCUT2D eigenvalue weighted by atomic mass is 9.94. The van der Waals surface area contributed by atoms with Crippen molar-refractivity contribution in [2.75, 3.05) is 19.6 Å². The lowest BCUT2D eigenvalue weighted by Gasteiger charge is -2.33. The van der Waals surface area contributed by atoms with Crippen LogP contribution in [-0.2, 0) is 9.59 Å². The molecule has 0 saturated heterocycles. The Labute approximate surface area is 172 Å². The van der Waals surface area contributed by atoms with Crippen molar-refractivity contribution in [3.05, 3.63) is 46.7 Å². The molecular weight excluding hydrogens is 368 g/mol. The summed E-state index contributed by atoms with van der Waals surface area (Å²) in [7, 11) is 0. The fourth-order valence-corrected chi connectivity index (χ4v) is 3.85. The maximum absolute atomic E-state index is 13.4. The third-order valence-electron chi connectivity index (χ3n) is 5.47. The van der Waals surface area contributed by atoms with Gasteiger partial charge in [0.1, 0.15) is 6.04 Å². The number of hydrogen-bond acceptors (Lipinski definition) is 3. The fourth-order valence-electron chi connectivity index (χ4n) is 3.85. The highest BCUT2D eigenvalue weighted by Crippen LogP contribution is 2.37. The van der Waals surface area contributed by atoms with E-state index in [1.807, 2.05) is 52.0 Å². The van der Waals surface area contributed by atoms with Crippen molar-refractivity contribution in [1.29, 1.82) is 0 Å². The summed E-state index contributed by atoms with van der Waals surface area (Å²) in [5, 5.41) is 5.87. The van der Waals surface area contributed by atoms with Gasteiger partial charge in [0.05, 0.1) is 23.9 Å². The number of hydrogen-bond donors (Lipinski definition) is 2. The van der Waals surface area contributed by atoms with Crippen LogP contribution in [0.5, 0.6) is 0 Å². The first kappa shape index (κ1) is 20.9. The first-order chi connectivity index (χ1) is 13.7. The second-order valence-corrected chi connectivity index (χ2v) is 8.15. The minimum Gasteiger partial charge on any atom is -0.354 e. The molecule has 1 aromatic rings. The van der Waals surface area contributed by atoms with E-state index in [1.54, 1.807) is 16.7 Å². The van der Waals surface area contributed by atoms with E-state index in [-0.39, 0.29) is 24.4 Å². The summed E-state index contributed by atoms with van der Waals surface area (Å²) >= 11 is 0. The Morgan fingerprint density at radius 1 is 1.28 bits per heavy atom. The number of carbonyl (C=O) groups excluding carboxylic acids is 3. The molecule has 0 radical (unpaired) electrons. The van der Waals surface area contributed by atoms with Gasteiger partial charge in [-0.15, -0.1) is 0 Å². The van der Waals surface area contributed by atoms with Crippen LogP contribution in [0.4, 0.5) is 4.79 Å². The van der Waals surface area contributed by atoms with Crippen molar-refractivity contribution in [3.8, 4) is 0 Å². The van der Waals surface area contributed by atoms with Gasteiger partial charge >= 0.3 is 6.03 Å². The van der Waals surface area contributed by atoms with E-state index in [9.17, 15) is 14.4 Å². The molecule has 4 amide bonds.